The summed E-state index contributed by atoms with van der Waals surface area (Å²) in [6.45, 7) is 8.23. The Morgan fingerprint density at radius 2 is 1.72 bits per heavy atom. The van der Waals surface area contributed by atoms with E-state index in [1.54, 1.807) is 26.0 Å². The van der Waals surface area contributed by atoms with Gasteiger partial charge in [-0.1, -0.05) is 26.0 Å². The van der Waals surface area contributed by atoms with E-state index in [2.05, 4.69) is 10.0 Å². The minimum absolute atomic E-state index is 0.0203. The van der Waals surface area contributed by atoms with Crippen LogP contribution in [0.15, 0.2) is 41.3 Å². The van der Waals surface area contributed by atoms with Gasteiger partial charge in [-0.25, -0.2) is 8.42 Å². The van der Waals surface area contributed by atoms with Gasteiger partial charge in [0.15, 0.2) is 11.5 Å². The number of carbonyl (C=O) groups excluding carboxylic acids is 1. The molecule has 29 heavy (non-hydrogen) atoms. The van der Waals surface area contributed by atoms with Crippen molar-refractivity contribution < 1.29 is 22.7 Å². The molecule has 0 radical (unpaired) electrons. The van der Waals surface area contributed by atoms with Crippen LogP contribution in [-0.2, 0) is 14.8 Å². The van der Waals surface area contributed by atoms with Crippen molar-refractivity contribution in [2.45, 2.75) is 38.6 Å². The highest BCUT2D eigenvalue weighted by molar-refractivity contribution is 7.89. The van der Waals surface area contributed by atoms with Gasteiger partial charge in [-0.3, -0.25) is 4.79 Å². The Labute approximate surface area is 171 Å². The zero-order valence-corrected chi connectivity index (χ0v) is 17.8. The maximum absolute atomic E-state index is 12.9. The number of amides is 1. The monoisotopic (exact) mass is 418 g/mol. The van der Waals surface area contributed by atoms with E-state index in [1.807, 2.05) is 26.0 Å². The fraction of sp³-hybridized carbons (Fsp3) is 0.381. The molecule has 0 spiro atoms. The number of hydrogen-bond donors (Lipinski definition) is 2. The Morgan fingerprint density at radius 3 is 2.41 bits per heavy atom. The standard InChI is InChI=1S/C21H26N2O5S/c1-13(2)20(21(24)22-17-7-5-6-14(3)15(17)4)23-29(25,26)16-8-9-18-19(12-16)28-11-10-27-18/h5-9,12-13,20,23H,10-11H2,1-4H3,(H,22,24)/t20-/m0/s1. The molecule has 1 amide bonds. The molecule has 1 aliphatic rings. The van der Waals surface area contributed by atoms with E-state index in [0.717, 1.165) is 11.1 Å². The number of sulfonamides is 1. The number of ether oxygens (including phenoxy) is 2. The third kappa shape index (κ3) is 4.71. The number of carbonyl (C=O) groups is 1. The van der Waals surface area contributed by atoms with E-state index < -0.39 is 22.0 Å². The molecule has 156 valence electrons. The molecular formula is C21H26N2O5S. The zero-order chi connectivity index (χ0) is 21.2. The van der Waals surface area contributed by atoms with E-state index in [-0.39, 0.29) is 10.8 Å². The lowest BCUT2D eigenvalue weighted by atomic mass is 10.0. The van der Waals surface area contributed by atoms with Crippen molar-refractivity contribution in [2.24, 2.45) is 5.92 Å². The average molecular weight is 419 g/mol. The lowest BCUT2D eigenvalue weighted by Gasteiger charge is -2.23. The fourth-order valence-corrected chi connectivity index (χ4v) is 4.37. The second-order valence-electron chi connectivity index (χ2n) is 7.39. The van der Waals surface area contributed by atoms with Gasteiger partial charge in [0.1, 0.15) is 19.3 Å². The van der Waals surface area contributed by atoms with Crippen LogP contribution in [0.2, 0.25) is 0 Å². The molecule has 7 nitrogen and oxygen atoms in total. The fourth-order valence-electron chi connectivity index (χ4n) is 3.02. The molecule has 0 unspecified atom stereocenters. The van der Waals surface area contributed by atoms with Crippen LogP contribution in [0, 0.1) is 19.8 Å². The quantitative estimate of drug-likeness (QED) is 0.752. The van der Waals surface area contributed by atoms with Gasteiger partial charge in [-0.15, -0.1) is 0 Å². The number of rotatable bonds is 6. The van der Waals surface area contributed by atoms with Crippen molar-refractivity contribution in [1.29, 1.82) is 0 Å². The highest BCUT2D eigenvalue weighted by Crippen LogP contribution is 2.32. The van der Waals surface area contributed by atoms with E-state index in [9.17, 15) is 13.2 Å². The summed E-state index contributed by atoms with van der Waals surface area (Å²) in [5.74, 6) is 0.213. The summed E-state index contributed by atoms with van der Waals surface area (Å²) >= 11 is 0. The van der Waals surface area contributed by atoms with Gasteiger partial charge in [0.05, 0.1) is 4.90 Å². The number of hydrogen-bond acceptors (Lipinski definition) is 5. The Hall–Kier alpha value is -2.58. The van der Waals surface area contributed by atoms with Gasteiger partial charge in [0.25, 0.3) is 0 Å². The third-order valence-electron chi connectivity index (χ3n) is 4.92. The largest absolute Gasteiger partial charge is 0.486 e. The summed E-state index contributed by atoms with van der Waals surface area (Å²) in [5.41, 5.74) is 2.65. The van der Waals surface area contributed by atoms with Gasteiger partial charge < -0.3 is 14.8 Å². The summed E-state index contributed by atoms with van der Waals surface area (Å²) in [4.78, 5) is 12.9. The van der Waals surface area contributed by atoms with E-state index >= 15 is 0 Å². The minimum Gasteiger partial charge on any atom is -0.486 e. The first-order valence-corrected chi connectivity index (χ1v) is 11.0. The lowest BCUT2D eigenvalue weighted by Crippen LogP contribution is -2.47. The summed E-state index contributed by atoms with van der Waals surface area (Å²) in [5, 5.41) is 2.85. The average Bonchev–Trinajstić information content (AvgIpc) is 2.69. The minimum atomic E-state index is -3.94. The predicted molar refractivity (Wildman–Crippen MR) is 111 cm³/mol. The normalized spacial score (nSPS) is 14.5. The van der Waals surface area contributed by atoms with Crippen LogP contribution in [0.1, 0.15) is 25.0 Å². The van der Waals surface area contributed by atoms with Crippen LogP contribution in [0.25, 0.3) is 0 Å². The van der Waals surface area contributed by atoms with Crippen LogP contribution in [0.4, 0.5) is 5.69 Å². The molecule has 8 heteroatoms. The molecule has 3 rings (SSSR count). The second kappa shape index (κ2) is 8.42. The molecule has 2 aromatic carbocycles. The molecule has 0 aliphatic carbocycles. The Morgan fingerprint density at radius 1 is 1.03 bits per heavy atom. The van der Waals surface area contributed by atoms with Crippen LogP contribution in [0.3, 0.4) is 0 Å². The molecule has 2 N–H and O–H groups in total. The van der Waals surface area contributed by atoms with Crippen molar-refractivity contribution in [1.82, 2.24) is 4.72 Å². The topological polar surface area (TPSA) is 93.7 Å². The first-order chi connectivity index (χ1) is 13.7. The van der Waals surface area contributed by atoms with Crippen LogP contribution in [0.5, 0.6) is 11.5 Å². The number of nitrogens with one attached hydrogen (secondary N) is 2. The Kier molecular flexibility index (Phi) is 6.14. The van der Waals surface area contributed by atoms with Crippen LogP contribution < -0.4 is 19.5 Å². The molecule has 1 heterocycles. The van der Waals surface area contributed by atoms with E-state index in [4.69, 9.17) is 9.47 Å². The number of anilines is 1. The maximum Gasteiger partial charge on any atom is 0.242 e. The molecule has 0 saturated carbocycles. The summed E-state index contributed by atoms with van der Waals surface area (Å²) in [6, 6.07) is 9.08. The first kappa shape index (κ1) is 21.1. The number of aryl methyl sites for hydroxylation is 1. The SMILES string of the molecule is Cc1cccc(NC(=O)[C@@H](NS(=O)(=O)c2ccc3c(c2)OCCO3)C(C)C)c1C. The number of fused-ring (bicyclic) bond motifs is 1. The summed E-state index contributed by atoms with van der Waals surface area (Å²) in [7, 11) is -3.94. The molecule has 0 saturated heterocycles. The molecule has 2 aromatic rings. The molecular weight excluding hydrogens is 392 g/mol. The molecule has 0 bridgehead atoms. The first-order valence-electron chi connectivity index (χ1n) is 9.48. The van der Waals surface area contributed by atoms with E-state index in [1.165, 1.54) is 12.1 Å². The van der Waals surface area contributed by atoms with E-state index in [0.29, 0.717) is 30.4 Å². The lowest BCUT2D eigenvalue weighted by molar-refractivity contribution is -0.118. The molecule has 1 aliphatic heterocycles. The maximum atomic E-state index is 12.9. The van der Waals surface area contributed by atoms with Crippen molar-refractivity contribution in [3.05, 3.63) is 47.5 Å². The second-order valence-corrected chi connectivity index (χ2v) is 9.10. The third-order valence-corrected chi connectivity index (χ3v) is 6.36. The van der Waals surface area contributed by atoms with Gasteiger partial charge in [0.2, 0.25) is 15.9 Å². The zero-order valence-electron chi connectivity index (χ0n) is 17.0. The van der Waals surface area contributed by atoms with Gasteiger partial charge in [-0.2, -0.15) is 4.72 Å². The van der Waals surface area contributed by atoms with Crippen molar-refractivity contribution in [3.63, 3.8) is 0 Å². The van der Waals surface area contributed by atoms with Crippen molar-refractivity contribution >= 4 is 21.6 Å². The van der Waals surface area contributed by atoms with Gasteiger partial charge >= 0.3 is 0 Å². The van der Waals surface area contributed by atoms with Gasteiger partial charge in [0, 0.05) is 11.8 Å². The molecule has 0 fully saturated rings. The summed E-state index contributed by atoms with van der Waals surface area (Å²) < 4.78 is 39.3. The van der Waals surface area contributed by atoms with Crippen molar-refractivity contribution in [3.8, 4) is 11.5 Å². The van der Waals surface area contributed by atoms with Crippen LogP contribution >= 0.6 is 0 Å². The smallest absolute Gasteiger partial charge is 0.242 e. The summed E-state index contributed by atoms with van der Waals surface area (Å²) in [6.07, 6.45) is 0. The van der Waals surface area contributed by atoms with Crippen molar-refractivity contribution in [2.75, 3.05) is 18.5 Å². The predicted octanol–water partition coefficient (Wildman–Crippen LogP) is 3.02. The van der Waals surface area contributed by atoms with Gasteiger partial charge in [-0.05, 0) is 49.1 Å². The Balaban J connectivity index is 1.82. The van der Waals surface area contributed by atoms with Crippen LogP contribution in [-0.4, -0.2) is 33.6 Å². The molecule has 1 atom stereocenters. The Bertz CT molecular complexity index is 1020. The molecule has 0 aromatic heterocycles. The highest BCUT2D eigenvalue weighted by Gasteiger charge is 2.29. The number of benzene rings is 2. The highest BCUT2D eigenvalue weighted by atomic mass is 32.2.